The summed E-state index contributed by atoms with van der Waals surface area (Å²) in [6.07, 6.45) is 1.07. The Morgan fingerprint density at radius 1 is 1.43 bits per heavy atom. The van der Waals surface area contributed by atoms with E-state index in [1.54, 1.807) is 0 Å². The molecule has 14 heavy (non-hydrogen) atoms. The summed E-state index contributed by atoms with van der Waals surface area (Å²) in [5, 5.41) is 19.0. The van der Waals surface area contributed by atoms with E-state index in [9.17, 15) is 14.6 Å². The summed E-state index contributed by atoms with van der Waals surface area (Å²) in [5.74, 6) is -1.25. The number of ether oxygens (including phenoxy) is 1. The lowest BCUT2D eigenvalue weighted by Gasteiger charge is -2.12. The van der Waals surface area contributed by atoms with Gasteiger partial charge in [-0.3, -0.25) is 0 Å². The lowest BCUT2D eigenvalue weighted by Crippen LogP contribution is -2.07. The molecule has 0 heterocycles. The normalized spacial score (nSPS) is 17.9. The number of rotatable bonds is 2. The minimum absolute atomic E-state index is 0.0792. The van der Waals surface area contributed by atoms with Crippen LogP contribution in [0, 0.1) is 5.82 Å². The molecule has 2 N–H and O–H groups in total. The topological polar surface area (TPSA) is 49.7 Å². The molecule has 0 spiro atoms. The number of methoxy groups -OCH3 is 1. The van der Waals surface area contributed by atoms with Crippen LogP contribution in [0.1, 0.15) is 18.4 Å². The molecule has 1 fully saturated rings. The van der Waals surface area contributed by atoms with Gasteiger partial charge in [-0.15, -0.1) is 0 Å². The summed E-state index contributed by atoms with van der Waals surface area (Å²) >= 11 is 0. The molecule has 3 nitrogen and oxygen atoms in total. The van der Waals surface area contributed by atoms with Gasteiger partial charge in [-0.2, -0.15) is 0 Å². The van der Waals surface area contributed by atoms with Gasteiger partial charge >= 0.3 is 0 Å². The van der Waals surface area contributed by atoms with Gasteiger partial charge in [-0.1, -0.05) is 0 Å². The molecule has 1 aromatic carbocycles. The van der Waals surface area contributed by atoms with Gasteiger partial charge in [-0.05, 0) is 25.0 Å². The first kappa shape index (κ1) is 9.27. The van der Waals surface area contributed by atoms with Gasteiger partial charge in [0.2, 0.25) is 0 Å². The van der Waals surface area contributed by atoms with Crippen molar-refractivity contribution >= 4 is 0 Å². The van der Waals surface area contributed by atoms with Crippen LogP contribution in [-0.2, 0) is 5.60 Å². The molecule has 0 amide bonds. The molecule has 0 unspecified atom stereocenters. The highest BCUT2D eigenvalue weighted by atomic mass is 19.1. The Labute approximate surface area is 80.8 Å². The summed E-state index contributed by atoms with van der Waals surface area (Å²) in [4.78, 5) is 0. The van der Waals surface area contributed by atoms with Gasteiger partial charge in [-0.25, -0.2) is 4.39 Å². The number of aliphatic hydroxyl groups is 1. The van der Waals surface area contributed by atoms with Crippen LogP contribution in [0.25, 0.3) is 0 Å². The SMILES string of the molecule is COc1ccc(C2(O)CC2)c(F)c1O. The third-order valence-electron chi connectivity index (χ3n) is 2.52. The van der Waals surface area contributed by atoms with Crippen LogP contribution in [0.4, 0.5) is 4.39 Å². The third kappa shape index (κ3) is 1.23. The van der Waals surface area contributed by atoms with Crippen molar-refractivity contribution in [2.24, 2.45) is 0 Å². The van der Waals surface area contributed by atoms with E-state index in [0.29, 0.717) is 12.8 Å². The lowest BCUT2D eigenvalue weighted by molar-refractivity contribution is 0.145. The van der Waals surface area contributed by atoms with Crippen molar-refractivity contribution in [2.75, 3.05) is 7.11 Å². The Bertz CT molecular complexity index is 372. The quantitative estimate of drug-likeness (QED) is 0.757. The van der Waals surface area contributed by atoms with Gasteiger partial charge in [0.15, 0.2) is 17.3 Å². The van der Waals surface area contributed by atoms with Gasteiger partial charge < -0.3 is 14.9 Å². The Morgan fingerprint density at radius 3 is 2.57 bits per heavy atom. The molecule has 1 saturated carbocycles. The molecule has 0 radical (unpaired) electrons. The van der Waals surface area contributed by atoms with Gasteiger partial charge in [0, 0.05) is 5.56 Å². The first-order valence-corrected chi connectivity index (χ1v) is 4.37. The maximum absolute atomic E-state index is 13.5. The number of phenolic OH excluding ortho intramolecular Hbond substituents is 1. The van der Waals surface area contributed by atoms with Gasteiger partial charge in [0.1, 0.15) is 0 Å². The van der Waals surface area contributed by atoms with Crippen molar-refractivity contribution in [1.29, 1.82) is 0 Å². The van der Waals surface area contributed by atoms with E-state index in [2.05, 4.69) is 0 Å². The monoisotopic (exact) mass is 198 g/mol. The molecule has 0 saturated heterocycles. The predicted octanol–water partition coefficient (Wildman–Crippen LogP) is 1.52. The molecule has 1 aromatic rings. The number of phenols is 1. The molecule has 0 aromatic heterocycles. The second-order valence-corrected chi connectivity index (χ2v) is 3.51. The zero-order valence-corrected chi connectivity index (χ0v) is 7.75. The predicted molar refractivity (Wildman–Crippen MR) is 47.7 cm³/mol. The van der Waals surface area contributed by atoms with Crippen molar-refractivity contribution in [2.45, 2.75) is 18.4 Å². The Balaban J connectivity index is 2.49. The fourth-order valence-corrected chi connectivity index (χ4v) is 1.46. The molecule has 1 aliphatic rings. The van der Waals surface area contributed by atoms with Crippen molar-refractivity contribution in [1.82, 2.24) is 0 Å². The van der Waals surface area contributed by atoms with Crippen LogP contribution < -0.4 is 4.74 Å². The highest BCUT2D eigenvalue weighted by Crippen LogP contribution is 2.48. The van der Waals surface area contributed by atoms with E-state index in [4.69, 9.17) is 4.74 Å². The second-order valence-electron chi connectivity index (χ2n) is 3.51. The number of halogens is 1. The zero-order valence-electron chi connectivity index (χ0n) is 7.75. The van der Waals surface area contributed by atoms with Crippen LogP contribution >= 0.6 is 0 Å². The largest absolute Gasteiger partial charge is 0.502 e. The van der Waals surface area contributed by atoms with E-state index >= 15 is 0 Å². The van der Waals surface area contributed by atoms with Crippen LogP contribution in [0.15, 0.2) is 12.1 Å². The first-order chi connectivity index (χ1) is 6.58. The number of hydrogen-bond acceptors (Lipinski definition) is 3. The van der Waals surface area contributed by atoms with Crippen LogP contribution in [-0.4, -0.2) is 17.3 Å². The molecule has 0 bridgehead atoms. The molecule has 1 aliphatic carbocycles. The Hall–Kier alpha value is -1.29. The maximum Gasteiger partial charge on any atom is 0.194 e. The Morgan fingerprint density at radius 2 is 2.07 bits per heavy atom. The molecular weight excluding hydrogens is 187 g/mol. The molecule has 2 rings (SSSR count). The highest BCUT2D eigenvalue weighted by molar-refractivity contribution is 5.46. The van der Waals surface area contributed by atoms with Gasteiger partial charge in [0.05, 0.1) is 12.7 Å². The summed E-state index contributed by atoms with van der Waals surface area (Å²) < 4.78 is 18.2. The van der Waals surface area contributed by atoms with E-state index in [0.717, 1.165) is 0 Å². The third-order valence-corrected chi connectivity index (χ3v) is 2.52. The fourth-order valence-electron chi connectivity index (χ4n) is 1.46. The molecular formula is C10H11FO3. The van der Waals surface area contributed by atoms with Crippen molar-refractivity contribution < 1.29 is 19.3 Å². The van der Waals surface area contributed by atoms with Crippen molar-refractivity contribution in [3.8, 4) is 11.5 Å². The average Bonchev–Trinajstić information content (AvgIpc) is 2.89. The standard InChI is InChI=1S/C10H11FO3/c1-14-7-3-2-6(8(11)9(7)12)10(13)4-5-10/h2-3,12-13H,4-5H2,1H3. The van der Waals surface area contributed by atoms with Crippen molar-refractivity contribution in [3.63, 3.8) is 0 Å². The van der Waals surface area contributed by atoms with E-state index in [1.165, 1.54) is 19.2 Å². The average molecular weight is 198 g/mol. The summed E-state index contributed by atoms with van der Waals surface area (Å²) in [7, 11) is 1.35. The number of benzene rings is 1. The zero-order chi connectivity index (χ0) is 10.3. The smallest absolute Gasteiger partial charge is 0.194 e. The summed E-state index contributed by atoms with van der Waals surface area (Å²) in [6, 6.07) is 2.89. The maximum atomic E-state index is 13.5. The van der Waals surface area contributed by atoms with E-state index in [1.807, 2.05) is 0 Å². The molecule has 4 heteroatoms. The minimum Gasteiger partial charge on any atom is -0.502 e. The van der Waals surface area contributed by atoms with Crippen molar-refractivity contribution in [3.05, 3.63) is 23.5 Å². The Kier molecular flexibility index (Phi) is 1.89. The minimum atomic E-state index is -1.08. The summed E-state index contributed by atoms with van der Waals surface area (Å²) in [5.41, 5.74) is -0.927. The second kappa shape index (κ2) is 2.85. The van der Waals surface area contributed by atoms with Gasteiger partial charge in [0.25, 0.3) is 0 Å². The fraction of sp³-hybridized carbons (Fsp3) is 0.400. The molecule has 0 atom stereocenters. The number of aromatic hydroxyl groups is 1. The first-order valence-electron chi connectivity index (χ1n) is 4.37. The molecule has 0 aliphatic heterocycles. The molecule has 76 valence electrons. The summed E-state index contributed by atoms with van der Waals surface area (Å²) in [6.45, 7) is 0. The van der Waals surface area contributed by atoms with Crippen LogP contribution in [0.2, 0.25) is 0 Å². The van der Waals surface area contributed by atoms with Crippen LogP contribution in [0.5, 0.6) is 11.5 Å². The van der Waals surface area contributed by atoms with Crippen LogP contribution in [0.3, 0.4) is 0 Å². The number of hydrogen-bond donors (Lipinski definition) is 2. The lowest BCUT2D eigenvalue weighted by atomic mass is 10.1. The van der Waals surface area contributed by atoms with E-state index < -0.39 is 17.2 Å². The highest BCUT2D eigenvalue weighted by Gasteiger charge is 2.44. The van der Waals surface area contributed by atoms with E-state index in [-0.39, 0.29) is 11.3 Å².